The Morgan fingerprint density at radius 3 is 2.59 bits per heavy atom. The van der Waals surface area contributed by atoms with Gasteiger partial charge in [-0.1, -0.05) is 19.8 Å². The van der Waals surface area contributed by atoms with Crippen LogP contribution in [0.25, 0.3) is 0 Å². The molecule has 0 aliphatic rings. The van der Waals surface area contributed by atoms with Crippen molar-refractivity contribution in [2.45, 2.75) is 31.1 Å². The Morgan fingerprint density at radius 2 is 2.12 bits per heavy atom. The molecular weight excluding hydrogens is 240 g/mol. The van der Waals surface area contributed by atoms with Crippen molar-refractivity contribution in [3.8, 4) is 0 Å². The van der Waals surface area contributed by atoms with Crippen LogP contribution in [0.4, 0.5) is 5.82 Å². The van der Waals surface area contributed by atoms with Gasteiger partial charge in [-0.05, 0) is 6.42 Å². The van der Waals surface area contributed by atoms with Gasteiger partial charge in [0.2, 0.25) is 10.0 Å². The van der Waals surface area contributed by atoms with E-state index in [0.29, 0.717) is 6.54 Å². The van der Waals surface area contributed by atoms with Gasteiger partial charge in [-0.15, -0.1) is 0 Å². The van der Waals surface area contributed by atoms with E-state index in [1.54, 1.807) is 14.1 Å². The number of nitrogens with two attached hydrogens (primary N) is 1. The highest BCUT2D eigenvalue weighted by Crippen LogP contribution is 2.19. The van der Waals surface area contributed by atoms with Gasteiger partial charge in [0.25, 0.3) is 0 Å². The van der Waals surface area contributed by atoms with Crippen LogP contribution in [0.5, 0.6) is 0 Å². The Labute approximate surface area is 102 Å². The molecule has 1 heterocycles. The summed E-state index contributed by atoms with van der Waals surface area (Å²) in [6.45, 7) is 2.58. The molecule has 6 nitrogen and oxygen atoms in total. The predicted molar refractivity (Wildman–Crippen MR) is 67.0 cm³/mol. The summed E-state index contributed by atoms with van der Waals surface area (Å²) in [5.41, 5.74) is 5.58. The number of anilines is 1. The normalized spacial score (nSPS) is 12.2. The molecular formula is C10H20N4O2S. The third-order valence-electron chi connectivity index (χ3n) is 2.59. The van der Waals surface area contributed by atoms with Crippen molar-refractivity contribution >= 4 is 15.8 Å². The number of aromatic nitrogens is 2. The van der Waals surface area contributed by atoms with Crippen molar-refractivity contribution in [2.75, 3.05) is 19.3 Å². The second-order valence-electron chi connectivity index (χ2n) is 4.09. The summed E-state index contributed by atoms with van der Waals surface area (Å²) in [7, 11) is -0.292. The Balaban J connectivity index is 2.84. The maximum Gasteiger partial charge on any atom is 0.248 e. The van der Waals surface area contributed by atoms with Gasteiger partial charge in [0.05, 0.1) is 0 Å². The van der Waals surface area contributed by atoms with E-state index >= 15 is 0 Å². The Kier molecular flexibility index (Phi) is 4.53. The van der Waals surface area contributed by atoms with Gasteiger partial charge in [0, 0.05) is 26.8 Å². The van der Waals surface area contributed by atoms with E-state index < -0.39 is 10.0 Å². The molecule has 0 spiro atoms. The lowest BCUT2D eigenvalue weighted by atomic mass is 10.2. The number of aryl methyl sites for hydroxylation is 1. The average Bonchev–Trinajstić information content (AvgIpc) is 2.58. The summed E-state index contributed by atoms with van der Waals surface area (Å²) in [6.07, 6.45) is 4.36. The zero-order valence-electron chi connectivity index (χ0n) is 10.5. The Bertz CT molecular complexity index is 467. The third-order valence-corrected chi connectivity index (χ3v) is 4.46. The molecule has 0 amide bonds. The highest BCUT2D eigenvalue weighted by atomic mass is 32.2. The monoisotopic (exact) mass is 260 g/mol. The molecule has 1 aromatic rings. The molecule has 17 heavy (non-hydrogen) atoms. The average molecular weight is 260 g/mol. The lowest BCUT2D eigenvalue weighted by Gasteiger charge is -2.15. The third kappa shape index (κ3) is 3.19. The molecule has 2 N–H and O–H groups in total. The van der Waals surface area contributed by atoms with Crippen molar-refractivity contribution in [3.05, 3.63) is 6.20 Å². The van der Waals surface area contributed by atoms with E-state index in [4.69, 9.17) is 5.73 Å². The zero-order chi connectivity index (χ0) is 13.1. The topological polar surface area (TPSA) is 81.2 Å². The Hall–Kier alpha value is -1.08. The highest BCUT2D eigenvalue weighted by Gasteiger charge is 2.25. The van der Waals surface area contributed by atoms with Gasteiger partial charge in [0.15, 0.2) is 5.82 Å². The van der Waals surface area contributed by atoms with Gasteiger partial charge in [-0.2, -0.15) is 5.10 Å². The molecule has 0 aliphatic heterocycles. The van der Waals surface area contributed by atoms with Crippen LogP contribution >= 0.6 is 0 Å². The fraction of sp³-hybridized carbons (Fsp3) is 0.700. The lowest BCUT2D eigenvalue weighted by molar-refractivity contribution is 0.454. The molecule has 1 rings (SSSR count). The molecule has 0 bridgehead atoms. The molecule has 0 saturated heterocycles. The van der Waals surface area contributed by atoms with Crippen molar-refractivity contribution < 1.29 is 8.42 Å². The first-order valence-electron chi connectivity index (χ1n) is 5.65. The molecule has 0 aliphatic carbocycles. The van der Waals surface area contributed by atoms with Gasteiger partial charge in [-0.25, -0.2) is 12.7 Å². The fourth-order valence-electron chi connectivity index (χ4n) is 1.56. The van der Waals surface area contributed by atoms with Crippen LogP contribution in [0.2, 0.25) is 0 Å². The summed E-state index contributed by atoms with van der Waals surface area (Å²) >= 11 is 0. The number of rotatable bonds is 6. The molecule has 1 aromatic heterocycles. The quantitative estimate of drug-likeness (QED) is 0.768. The molecule has 0 atom stereocenters. The fourth-order valence-corrected chi connectivity index (χ4v) is 2.85. The van der Waals surface area contributed by atoms with Crippen molar-refractivity contribution in [1.29, 1.82) is 0 Å². The molecule has 0 unspecified atom stereocenters. The molecule has 0 saturated carbocycles. The molecule has 0 fully saturated rings. The van der Waals surface area contributed by atoms with Gasteiger partial charge in [0.1, 0.15) is 4.90 Å². The lowest BCUT2D eigenvalue weighted by Crippen LogP contribution is -2.28. The van der Waals surface area contributed by atoms with Crippen LogP contribution in [0.3, 0.4) is 0 Å². The summed E-state index contributed by atoms with van der Waals surface area (Å²) < 4.78 is 27.0. The van der Waals surface area contributed by atoms with Crippen molar-refractivity contribution in [1.82, 2.24) is 14.1 Å². The molecule has 0 aromatic carbocycles. The smallest absolute Gasteiger partial charge is 0.248 e. The van der Waals surface area contributed by atoms with Crippen molar-refractivity contribution in [3.63, 3.8) is 0 Å². The Morgan fingerprint density at radius 1 is 1.47 bits per heavy atom. The van der Waals surface area contributed by atoms with E-state index in [9.17, 15) is 8.42 Å². The molecule has 7 heteroatoms. The van der Waals surface area contributed by atoms with Crippen LogP contribution < -0.4 is 5.73 Å². The van der Waals surface area contributed by atoms with Gasteiger partial charge < -0.3 is 5.73 Å². The minimum absolute atomic E-state index is 0.0508. The molecule has 98 valence electrons. The number of nitrogens with zero attached hydrogens (tertiary/aromatic N) is 3. The van der Waals surface area contributed by atoms with Crippen LogP contribution in [0, 0.1) is 0 Å². The number of hydrogen-bond donors (Lipinski definition) is 1. The zero-order valence-corrected chi connectivity index (χ0v) is 11.4. The van der Waals surface area contributed by atoms with Crippen LogP contribution in [-0.2, 0) is 17.1 Å². The summed E-state index contributed by atoms with van der Waals surface area (Å²) in [4.78, 5) is 0.0824. The number of unbranched alkanes of at least 4 members (excludes halogenated alkanes) is 2. The maximum absolute atomic E-state index is 12.2. The number of sulfonamides is 1. The first-order valence-corrected chi connectivity index (χ1v) is 7.09. The standard InChI is InChI=1S/C10H20N4O2S/c1-4-5-6-7-14(3)17(15,16)9-8-13(2)12-10(9)11/h8H,4-7H2,1-3H3,(H2,11,12). The maximum atomic E-state index is 12.2. The molecule has 0 radical (unpaired) electrons. The summed E-state index contributed by atoms with van der Waals surface area (Å²) in [5.74, 6) is 0.0508. The second-order valence-corrected chi connectivity index (χ2v) is 6.10. The largest absolute Gasteiger partial charge is 0.381 e. The van der Waals surface area contributed by atoms with Gasteiger partial charge >= 0.3 is 0 Å². The second kappa shape index (κ2) is 5.50. The van der Waals surface area contributed by atoms with E-state index in [0.717, 1.165) is 19.3 Å². The van der Waals surface area contributed by atoms with E-state index in [1.165, 1.54) is 15.2 Å². The first-order chi connectivity index (χ1) is 7.89. The first kappa shape index (κ1) is 14.0. The minimum atomic E-state index is -3.50. The summed E-state index contributed by atoms with van der Waals surface area (Å²) in [6, 6.07) is 0. The number of hydrogen-bond acceptors (Lipinski definition) is 4. The summed E-state index contributed by atoms with van der Waals surface area (Å²) in [5, 5.41) is 3.84. The number of nitrogen functional groups attached to an aromatic ring is 1. The van der Waals surface area contributed by atoms with E-state index in [-0.39, 0.29) is 10.7 Å². The van der Waals surface area contributed by atoms with Gasteiger partial charge in [-0.3, -0.25) is 4.68 Å². The minimum Gasteiger partial charge on any atom is -0.381 e. The van der Waals surface area contributed by atoms with Crippen LogP contribution in [0.15, 0.2) is 11.1 Å². The SMILES string of the molecule is CCCCCN(C)S(=O)(=O)c1cn(C)nc1N. The van der Waals surface area contributed by atoms with E-state index in [2.05, 4.69) is 12.0 Å². The van der Waals surface area contributed by atoms with Crippen LogP contribution in [-0.4, -0.2) is 36.1 Å². The van der Waals surface area contributed by atoms with Crippen molar-refractivity contribution in [2.24, 2.45) is 7.05 Å². The van der Waals surface area contributed by atoms with Crippen LogP contribution in [0.1, 0.15) is 26.2 Å². The van der Waals surface area contributed by atoms with E-state index in [1.807, 2.05) is 0 Å². The highest BCUT2D eigenvalue weighted by molar-refractivity contribution is 7.89. The predicted octanol–water partition coefficient (Wildman–Crippen LogP) is 0.813.